The van der Waals surface area contributed by atoms with Crippen molar-refractivity contribution in [1.82, 2.24) is 14.1 Å². The normalized spacial score (nSPS) is 10.9. The second kappa shape index (κ2) is 8.85. The lowest BCUT2D eigenvalue weighted by atomic mass is 10.2. The van der Waals surface area contributed by atoms with Gasteiger partial charge in [-0.25, -0.2) is 9.78 Å². The van der Waals surface area contributed by atoms with E-state index < -0.39 is 12.1 Å². The molecule has 2 heterocycles. The number of imidazole rings is 1. The minimum Gasteiger partial charge on any atom is -0.475 e. The quantitative estimate of drug-likeness (QED) is 0.667. The van der Waals surface area contributed by atoms with E-state index in [2.05, 4.69) is 10.3 Å². The molecular formula is C20H21F3N4O3. The molecule has 2 N–H and O–H groups in total. The van der Waals surface area contributed by atoms with Crippen molar-refractivity contribution in [3.05, 3.63) is 65.5 Å². The van der Waals surface area contributed by atoms with Gasteiger partial charge in [0.1, 0.15) is 5.69 Å². The number of nitrogens with zero attached hydrogens (tertiary/aromatic N) is 3. The number of aromatic nitrogens is 3. The highest BCUT2D eigenvalue weighted by molar-refractivity contribution is 6.04. The van der Waals surface area contributed by atoms with E-state index in [0.29, 0.717) is 5.69 Å². The molecular weight excluding hydrogens is 401 g/mol. The number of aryl methyl sites for hydroxylation is 3. The van der Waals surface area contributed by atoms with Crippen LogP contribution in [0.4, 0.5) is 18.9 Å². The van der Waals surface area contributed by atoms with Gasteiger partial charge in [0.15, 0.2) is 0 Å². The number of alkyl halides is 3. The largest absolute Gasteiger partial charge is 0.490 e. The Balaban J connectivity index is 0.000000396. The maximum absolute atomic E-state index is 12.4. The van der Waals surface area contributed by atoms with E-state index in [0.717, 1.165) is 28.3 Å². The van der Waals surface area contributed by atoms with Crippen LogP contribution in [0.1, 0.15) is 27.4 Å². The fourth-order valence-electron chi connectivity index (χ4n) is 2.65. The summed E-state index contributed by atoms with van der Waals surface area (Å²) in [6.45, 7) is 5.96. The molecule has 0 aliphatic heterocycles. The molecule has 0 saturated carbocycles. The molecule has 0 atom stereocenters. The van der Waals surface area contributed by atoms with Crippen LogP contribution in [-0.2, 0) is 11.8 Å². The highest BCUT2D eigenvalue weighted by Crippen LogP contribution is 2.18. The van der Waals surface area contributed by atoms with Crippen molar-refractivity contribution in [3.8, 4) is 5.69 Å². The SMILES string of the molecule is Cc1ccn(C)c1C(=O)Nc1ccc(-n2cnc(C)c2C)cc1.O=C(O)C(F)(F)F. The van der Waals surface area contributed by atoms with Gasteiger partial charge >= 0.3 is 12.1 Å². The first-order valence-electron chi connectivity index (χ1n) is 8.76. The molecule has 0 saturated heterocycles. The summed E-state index contributed by atoms with van der Waals surface area (Å²) in [5, 5.41) is 10.1. The average molecular weight is 422 g/mol. The van der Waals surface area contributed by atoms with Crippen LogP contribution in [0, 0.1) is 20.8 Å². The number of carbonyl (C=O) groups excluding carboxylic acids is 1. The zero-order chi connectivity index (χ0) is 22.6. The van der Waals surface area contributed by atoms with Crippen molar-refractivity contribution < 1.29 is 27.9 Å². The second-order valence-corrected chi connectivity index (χ2v) is 6.55. The number of carbonyl (C=O) groups is 2. The van der Waals surface area contributed by atoms with Crippen LogP contribution >= 0.6 is 0 Å². The van der Waals surface area contributed by atoms with Gasteiger partial charge in [-0.3, -0.25) is 4.79 Å². The lowest BCUT2D eigenvalue weighted by Gasteiger charge is -2.10. The second-order valence-electron chi connectivity index (χ2n) is 6.55. The van der Waals surface area contributed by atoms with Gasteiger partial charge in [0.05, 0.1) is 12.0 Å². The summed E-state index contributed by atoms with van der Waals surface area (Å²) in [7, 11) is 1.87. The Kier molecular flexibility index (Phi) is 6.70. The van der Waals surface area contributed by atoms with Gasteiger partial charge in [-0.1, -0.05) is 0 Å². The molecule has 7 nitrogen and oxygen atoms in total. The number of anilines is 1. The number of hydrogen-bond acceptors (Lipinski definition) is 3. The standard InChI is InChI=1S/C18H20N4O.C2HF3O2/c1-12-9-10-21(4)17(12)18(23)20-15-5-7-16(8-6-15)22-11-19-13(2)14(22)3;3-2(4,5)1(6)7/h5-11H,1-4H3,(H,20,23);(H,6,7). The maximum Gasteiger partial charge on any atom is 0.490 e. The van der Waals surface area contributed by atoms with Gasteiger partial charge in [-0.05, 0) is 56.7 Å². The lowest BCUT2D eigenvalue weighted by Crippen LogP contribution is -2.21. The van der Waals surface area contributed by atoms with Crippen molar-refractivity contribution >= 4 is 17.6 Å². The van der Waals surface area contributed by atoms with Gasteiger partial charge in [0.25, 0.3) is 5.91 Å². The Morgan fingerprint density at radius 2 is 1.63 bits per heavy atom. The van der Waals surface area contributed by atoms with Gasteiger partial charge in [0, 0.05) is 30.3 Å². The number of benzene rings is 1. The molecule has 0 spiro atoms. The number of aliphatic carboxylic acids is 1. The van der Waals surface area contributed by atoms with Crippen molar-refractivity contribution in [2.24, 2.45) is 7.05 Å². The molecule has 0 aliphatic rings. The molecule has 0 fully saturated rings. The molecule has 3 aromatic rings. The molecule has 10 heteroatoms. The molecule has 1 amide bonds. The van der Waals surface area contributed by atoms with E-state index in [4.69, 9.17) is 9.90 Å². The Hall–Kier alpha value is -3.56. The van der Waals surface area contributed by atoms with Crippen LogP contribution in [-0.4, -0.2) is 37.3 Å². The van der Waals surface area contributed by atoms with Crippen LogP contribution < -0.4 is 5.32 Å². The molecule has 160 valence electrons. The zero-order valence-corrected chi connectivity index (χ0v) is 16.8. The summed E-state index contributed by atoms with van der Waals surface area (Å²) in [6, 6.07) is 9.69. The number of amides is 1. The molecule has 1 aromatic carbocycles. The smallest absolute Gasteiger partial charge is 0.475 e. The first-order valence-corrected chi connectivity index (χ1v) is 8.76. The number of carboxylic acid groups (broad SMARTS) is 1. The predicted molar refractivity (Wildman–Crippen MR) is 105 cm³/mol. The molecule has 0 aliphatic carbocycles. The van der Waals surface area contributed by atoms with Gasteiger partial charge < -0.3 is 19.6 Å². The monoisotopic (exact) mass is 422 g/mol. The molecule has 2 aromatic heterocycles. The minimum atomic E-state index is -5.08. The van der Waals surface area contributed by atoms with Crippen molar-refractivity contribution in [2.45, 2.75) is 26.9 Å². The third-order valence-electron chi connectivity index (χ3n) is 4.39. The van der Waals surface area contributed by atoms with Gasteiger partial charge in [-0.2, -0.15) is 13.2 Å². The van der Waals surface area contributed by atoms with Gasteiger partial charge in [-0.15, -0.1) is 0 Å². The van der Waals surface area contributed by atoms with Crippen LogP contribution in [0.2, 0.25) is 0 Å². The van der Waals surface area contributed by atoms with E-state index in [1.165, 1.54) is 0 Å². The molecule has 0 unspecified atom stereocenters. The average Bonchev–Trinajstić information content (AvgIpc) is 3.17. The summed E-state index contributed by atoms with van der Waals surface area (Å²) in [6.07, 6.45) is -1.39. The van der Waals surface area contributed by atoms with Gasteiger partial charge in [0.2, 0.25) is 0 Å². The van der Waals surface area contributed by atoms with Crippen LogP contribution in [0.25, 0.3) is 5.69 Å². The van der Waals surface area contributed by atoms with Crippen molar-refractivity contribution in [2.75, 3.05) is 5.32 Å². The maximum atomic E-state index is 12.4. The van der Waals surface area contributed by atoms with Crippen molar-refractivity contribution in [1.29, 1.82) is 0 Å². The van der Waals surface area contributed by atoms with Crippen LogP contribution in [0.15, 0.2) is 42.9 Å². The Morgan fingerprint density at radius 3 is 2.03 bits per heavy atom. The molecule has 0 bridgehead atoms. The summed E-state index contributed by atoms with van der Waals surface area (Å²) in [5.74, 6) is -2.86. The lowest BCUT2D eigenvalue weighted by molar-refractivity contribution is -0.192. The van der Waals surface area contributed by atoms with E-state index in [1.807, 2.05) is 79.8 Å². The number of nitrogens with one attached hydrogen (secondary N) is 1. The topological polar surface area (TPSA) is 89.2 Å². The Bertz CT molecular complexity index is 1030. The first-order chi connectivity index (χ1) is 13.9. The van der Waals surface area contributed by atoms with Crippen LogP contribution in [0.3, 0.4) is 0 Å². The fourth-order valence-corrected chi connectivity index (χ4v) is 2.65. The molecule has 0 radical (unpaired) electrons. The highest BCUT2D eigenvalue weighted by Gasteiger charge is 2.38. The first kappa shape index (κ1) is 22.7. The predicted octanol–water partition coefficient (Wildman–Crippen LogP) is 4.02. The molecule has 30 heavy (non-hydrogen) atoms. The minimum absolute atomic E-state index is 0.0996. The van der Waals surface area contributed by atoms with Crippen molar-refractivity contribution in [3.63, 3.8) is 0 Å². The summed E-state index contributed by atoms with van der Waals surface area (Å²) >= 11 is 0. The fraction of sp³-hybridized carbons (Fsp3) is 0.250. The van der Waals surface area contributed by atoms with Crippen LogP contribution in [0.5, 0.6) is 0 Å². The molecule has 3 rings (SSSR count). The third kappa shape index (κ3) is 5.28. The van der Waals surface area contributed by atoms with E-state index in [1.54, 1.807) is 0 Å². The Labute approximate surface area is 170 Å². The number of halogens is 3. The Morgan fingerprint density at radius 1 is 1.07 bits per heavy atom. The zero-order valence-electron chi connectivity index (χ0n) is 16.8. The number of rotatable bonds is 3. The summed E-state index contributed by atoms with van der Waals surface area (Å²) in [4.78, 5) is 25.6. The number of carboxylic acids is 1. The summed E-state index contributed by atoms with van der Waals surface area (Å²) < 4.78 is 35.6. The highest BCUT2D eigenvalue weighted by atomic mass is 19.4. The van der Waals surface area contributed by atoms with E-state index in [-0.39, 0.29) is 5.91 Å². The summed E-state index contributed by atoms with van der Waals surface area (Å²) in [5.41, 5.74) is 5.56. The number of hydrogen-bond donors (Lipinski definition) is 2. The third-order valence-corrected chi connectivity index (χ3v) is 4.39. The van der Waals surface area contributed by atoms with E-state index in [9.17, 15) is 18.0 Å². The van der Waals surface area contributed by atoms with E-state index >= 15 is 0 Å².